The molecule has 0 aromatic rings. The van der Waals surface area contributed by atoms with Gasteiger partial charge in [0.05, 0.1) is 11.6 Å². The van der Waals surface area contributed by atoms with E-state index in [1.807, 2.05) is 0 Å². The van der Waals surface area contributed by atoms with Crippen LogP contribution in [0.25, 0.3) is 0 Å². The molecule has 2 heterocycles. The number of nitrogens with zero attached hydrogens (tertiary/aromatic N) is 2. The number of rotatable bonds is 1. The van der Waals surface area contributed by atoms with E-state index in [-0.39, 0.29) is 0 Å². The fourth-order valence-electron chi connectivity index (χ4n) is 1.95. The Hall–Kier alpha value is -0.570. The lowest BCUT2D eigenvalue weighted by Crippen LogP contribution is -2.29. The van der Waals surface area contributed by atoms with Crippen LogP contribution in [0.2, 0.25) is 0 Å². The van der Waals surface area contributed by atoms with Crippen molar-refractivity contribution < 1.29 is 4.84 Å². The van der Waals surface area contributed by atoms with Gasteiger partial charge < -0.3 is 4.84 Å². The van der Waals surface area contributed by atoms with Crippen molar-refractivity contribution in [3.05, 3.63) is 0 Å². The molecule has 1 saturated heterocycles. The van der Waals surface area contributed by atoms with Crippen LogP contribution in [0.3, 0.4) is 0 Å². The predicted octanol–water partition coefficient (Wildman–Crippen LogP) is 1.10. The molecule has 0 spiro atoms. The van der Waals surface area contributed by atoms with E-state index in [0.717, 1.165) is 13.1 Å². The van der Waals surface area contributed by atoms with E-state index in [2.05, 4.69) is 30.8 Å². The molecule has 0 saturated carbocycles. The van der Waals surface area contributed by atoms with E-state index >= 15 is 0 Å². The Morgan fingerprint density at radius 3 is 2.83 bits per heavy atom. The van der Waals surface area contributed by atoms with Crippen molar-refractivity contribution in [3.8, 4) is 0 Å². The first-order chi connectivity index (χ1) is 5.68. The van der Waals surface area contributed by atoms with Gasteiger partial charge in [-0.05, 0) is 20.8 Å². The molecule has 0 N–H and O–H groups in total. The van der Waals surface area contributed by atoms with E-state index in [4.69, 9.17) is 4.84 Å². The molecule has 0 amide bonds. The van der Waals surface area contributed by atoms with Crippen molar-refractivity contribution >= 4 is 5.71 Å². The van der Waals surface area contributed by atoms with Gasteiger partial charge in [0.1, 0.15) is 6.10 Å². The summed E-state index contributed by atoms with van der Waals surface area (Å²) in [5.41, 5.74) is 1.17. The first-order valence-electron chi connectivity index (χ1n) is 4.63. The van der Waals surface area contributed by atoms with Crippen molar-refractivity contribution in [1.82, 2.24) is 4.90 Å². The summed E-state index contributed by atoms with van der Waals surface area (Å²) in [6.07, 6.45) is 0.340. The summed E-state index contributed by atoms with van der Waals surface area (Å²) in [5, 5.41) is 4.00. The minimum atomic E-state index is 0.340. The largest absolute Gasteiger partial charge is 0.390 e. The van der Waals surface area contributed by atoms with Crippen molar-refractivity contribution in [3.63, 3.8) is 0 Å². The van der Waals surface area contributed by atoms with Crippen molar-refractivity contribution in [2.45, 2.75) is 32.9 Å². The zero-order chi connectivity index (χ0) is 8.72. The second-order valence-electron chi connectivity index (χ2n) is 4.03. The summed E-state index contributed by atoms with van der Waals surface area (Å²) in [6, 6.07) is 0.631. The molecule has 0 aromatic heterocycles. The summed E-state index contributed by atoms with van der Waals surface area (Å²) >= 11 is 0. The highest BCUT2D eigenvalue weighted by Gasteiger charge is 2.40. The topological polar surface area (TPSA) is 24.8 Å². The van der Waals surface area contributed by atoms with E-state index in [1.165, 1.54) is 5.71 Å². The van der Waals surface area contributed by atoms with Crippen LogP contribution >= 0.6 is 0 Å². The molecule has 2 aliphatic heterocycles. The highest BCUT2D eigenvalue weighted by atomic mass is 16.6. The zero-order valence-corrected chi connectivity index (χ0v) is 7.95. The maximum Gasteiger partial charge on any atom is 0.149 e. The summed E-state index contributed by atoms with van der Waals surface area (Å²) in [6.45, 7) is 8.69. The molecule has 68 valence electrons. The van der Waals surface area contributed by atoms with Gasteiger partial charge in [0.15, 0.2) is 0 Å². The number of hydrogen-bond acceptors (Lipinski definition) is 3. The summed E-state index contributed by atoms with van der Waals surface area (Å²) in [4.78, 5) is 7.77. The molecule has 12 heavy (non-hydrogen) atoms. The molecule has 3 heteroatoms. The number of oxime groups is 1. The third kappa shape index (κ3) is 1.12. The highest BCUT2D eigenvalue weighted by molar-refractivity contribution is 5.86. The van der Waals surface area contributed by atoms with Crippen LogP contribution in [-0.2, 0) is 4.84 Å². The van der Waals surface area contributed by atoms with Gasteiger partial charge >= 0.3 is 0 Å². The molecule has 3 nitrogen and oxygen atoms in total. The zero-order valence-electron chi connectivity index (χ0n) is 7.95. The molecule has 0 aliphatic carbocycles. The smallest absolute Gasteiger partial charge is 0.149 e. The standard InChI is InChI=1S/C9H16N2O/c1-6(2)11-4-8-7(3)10-12-9(8)5-11/h6,8-9H,4-5H2,1-3H3. The van der Waals surface area contributed by atoms with Gasteiger partial charge in [0, 0.05) is 19.1 Å². The maximum absolute atomic E-state index is 5.32. The number of likely N-dealkylation sites (tertiary alicyclic amines) is 1. The lowest BCUT2D eigenvalue weighted by atomic mass is 10.0. The van der Waals surface area contributed by atoms with E-state index in [1.54, 1.807) is 0 Å². The molecule has 1 fully saturated rings. The SMILES string of the molecule is CC1=NOC2CN(C(C)C)CC12. The lowest BCUT2D eigenvalue weighted by molar-refractivity contribution is 0.0721. The second-order valence-corrected chi connectivity index (χ2v) is 4.03. The van der Waals surface area contributed by atoms with Crippen molar-refractivity contribution in [1.29, 1.82) is 0 Å². The fourth-order valence-corrected chi connectivity index (χ4v) is 1.95. The Morgan fingerprint density at radius 1 is 1.50 bits per heavy atom. The van der Waals surface area contributed by atoms with Gasteiger partial charge in [-0.1, -0.05) is 5.16 Å². The van der Waals surface area contributed by atoms with E-state index in [0.29, 0.717) is 18.1 Å². The lowest BCUT2D eigenvalue weighted by Gasteiger charge is -2.19. The molecule has 0 bridgehead atoms. The van der Waals surface area contributed by atoms with Gasteiger partial charge in [-0.15, -0.1) is 0 Å². The number of hydrogen-bond donors (Lipinski definition) is 0. The van der Waals surface area contributed by atoms with Crippen LogP contribution in [0.5, 0.6) is 0 Å². The van der Waals surface area contributed by atoms with Gasteiger partial charge in [0.25, 0.3) is 0 Å². The third-order valence-corrected chi connectivity index (χ3v) is 2.89. The molecule has 0 aromatic carbocycles. The minimum Gasteiger partial charge on any atom is -0.390 e. The Morgan fingerprint density at radius 2 is 2.25 bits per heavy atom. The first-order valence-corrected chi connectivity index (χ1v) is 4.63. The molecular weight excluding hydrogens is 152 g/mol. The van der Waals surface area contributed by atoms with Gasteiger partial charge in [-0.3, -0.25) is 4.90 Å². The Labute approximate surface area is 73.4 Å². The maximum atomic E-state index is 5.32. The summed E-state index contributed by atoms with van der Waals surface area (Å²) in [7, 11) is 0. The van der Waals surface area contributed by atoms with Gasteiger partial charge in [0.2, 0.25) is 0 Å². The van der Waals surface area contributed by atoms with Crippen LogP contribution in [0, 0.1) is 5.92 Å². The number of fused-ring (bicyclic) bond motifs is 1. The Balaban J connectivity index is 2.03. The van der Waals surface area contributed by atoms with E-state index in [9.17, 15) is 0 Å². The van der Waals surface area contributed by atoms with E-state index < -0.39 is 0 Å². The monoisotopic (exact) mass is 168 g/mol. The normalized spacial score (nSPS) is 35.2. The minimum absolute atomic E-state index is 0.340. The predicted molar refractivity (Wildman–Crippen MR) is 48.2 cm³/mol. The molecule has 0 radical (unpaired) electrons. The van der Waals surface area contributed by atoms with Gasteiger partial charge in [-0.2, -0.15) is 0 Å². The van der Waals surface area contributed by atoms with Crippen LogP contribution < -0.4 is 0 Å². The quantitative estimate of drug-likeness (QED) is 0.585. The van der Waals surface area contributed by atoms with Crippen LogP contribution in [0.1, 0.15) is 20.8 Å². The third-order valence-electron chi connectivity index (χ3n) is 2.89. The summed E-state index contributed by atoms with van der Waals surface area (Å²) in [5.74, 6) is 0.562. The molecule has 2 unspecified atom stereocenters. The fraction of sp³-hybridized carbons (Fsp3) is 0.889. The van der Waals surface area contributed by atoms with Crippen LogP contribution in [-0.4, -0.2) is 35.8 Å². The van der Waals surface area contributed by atoms with Crippen molar-refractivity contribution in [2.24, 2.45) is 11.1 Å². The van der Waals surface area contributed by atoms with Crippen LogP contribution in [0.15, 0.2) is 5.16 Å². The summed E-state index contributed by atoms with van der Waals surface area (Å²) < 4.78 is 0. The van der Waals surface area contributed by atoms with Crippen LogP contribution in [0.4, 0.5) is 0 Å². The highest BCUT2D eigenvalue weighted by Crippen LogP contribution is 2.27. The van der Waals surface area contributed by atoms with Crippen molar-refractivity contribution in [2.75, 3.05) is 13.1 Å². The van der Waals surface area contributed by atoms with Gasteiger partial charge in [-0.25, -0.2) is 0 Å². The average Bonchev–Trinajstić information content (AvgIpc) is 2.53. The average molecular weight is 168 g/mol. The first kappa shape index (κ1) is 8.05. The molecule has 2 rings (SSSR count). The Kier molecular flexibility index (Phi) is 1.83. The Bertz CT molecular complexity index is 213. The molecular formula is C9H16N2O. The second kappa shape index (κ2) is 2.73. The molecule has 2 aliphatic rings. The molecule has 2 atom stereocenters.